The van der Waals surface area contributed by atoms with Crippen LogP contribution in [-0.2, 0) is 21.1 Å². The quantitative estimate of drug-likeness (QED) is 0.656. The lowest BCUT2D eigenvalue weighted by molar-refractivity contribution is -0.275. The normalized spacial score (nSPS) is 16.5. The van der Waals surface area contributed by atoms with E-state index < -0.39 is 33.0 Å². The largest absolute Gasteiger partial charge is 0.573 e. The van der Waals surface area contributed by atoms with E-state index in [0.29, 0.717) is 25.9 Å². The predicted octanol–water partition coefficient (Wildman–Crippen LogP) is 3.33. The van der Waals surface area contributed by atoms with Crippen LogP contribution >= 0.6 is 0 Å². The number of amides is 1. The van der Waals surface area contributed by atoms with Gasteiger partial charge in [0, 0.05) is 13.1 Å². The van der Waals surface area contributed by atoms with Crippen molar-refractivity contribution in [2.24, 2.45) is 5.92 Å². The zero-order valence-corrected chi connectivity index (χ0v) is 16.4. The lowest BCUT2D eigenvalue weighted by atomic mass is 9.98. The van der Waals surface area contributed by atoms with Gasteiger partial charge in [-0.05, 0) is 50.3 Å². The van der Waals surface area contributed by atoms with Crippen LogP contribution in [-0.4, -0.2) is 49.7 Å². The fourth-order valence-electron chi connectivity index (χ4n) is 3.02. The van der Waals surface area contributed by atoms with E-state index in [1.807, 2.05) is 0 Å². The topological polar surface area (TPSA) is 63.7 Å². The maximum Gasteiger partial charge on any atom is 0.573 e. The fraction of sp³-hybridized carbons (Fsp3) is 0.611. The molecule has 0 N–H and O–H groups in total. The Kier molecular flexibility index (Phi) is 6.95. The number of hydrogen-bond acceptors (Lipinski definition) is 4. The van der Waals surface area contributed by atoms with Crippen molar-refractivity contribution < 1.29 is 35.5 Å². The molecule has 10 heteroatoms. The molecule has 1 aliphatic rings. The highest BCUT2D eigenvalue weighted by molar-refractivity contribution is 7.91. The number of nitrogens with zero attached hydrogens (tertiary/aromatic N) is 1. The molecule has 2 rings (SSSR count). The van der Waals surface area contributed by atoms with E-state index >= 15 is 0 Å². The summed E-state index contributed by atoms with van der Waals surface area (Å²) in [5.41, 5.74) is 0.204. The van der Waals surface area contributed by atoms with Gasteiger partial charge >= 0.3 is 6.36 Å². The number of rotatable bonds is 6. The van der Waals surface area contributed by atoms with Gasteiger partial charge in [0.1, 0.15) is 0 Å². The molecule has 1 amide bonds. The Bertz CT molecular complexity index is 800. The number of carbonyl (C=O) groups is 1. The van der Waals surface area contributed by atoms with Crippen LogP contribution in [0.1, 0.15) is 32.3 Å². The van der Waals surface area contributed by atoms with Gasteiger partial charge in [-0.1, -0.05) is 6.07 Å². The minimum atomic E-state index is -5.03. The lowest BCUT2D eigenvalue weighted by Gasteiger charge is -2.32. The minimum absolute atomic E-state index is 0.0194. The first-order chi connectivity index (χ1) is 12.9. The van der Waals surface area contributed by atoms with Gasteiger partial charge in [0.2, 0.25) is 5.91 Å². The van der Waals surface area contributed by atoms with E-state index in [4.69, 9.17) is 0 Å². The summed E-state index contributed by atoms with van der Waals surface area (Å²) in [6.45, 7) is 4.02. The number of benzene rings is 1. The molecular weight excluding hydrogens is 402 g/mol. The molecular formula is C18H23F4NO4S. The zero-order chi connectivity index (χ0) is 21.1. The second-order valence-corrected chi connectivity index (χ2v) is 9.79. The number of halogens is 4. The molecule has 28 heavy (non-hydrogen) atoms. The molecule has 1 heterocycles. The molecule has 1 saturated heterocycles. The smallest absolute Gasteiger partial charge is 0.403 e. The first-order valence-corrected chi connectivity index (χ1v) is 10.6. The number of piperidine rings is 1. The summed E-state index contributed by atoms with van der Waals surface area (Å²) < 4.78 is 78.0. The number of alkyl halides is 3. The first-order valence-electron chi connectivity index (χ1n) is 8.91. The second-order valence-electron chi connectivity index (χ2n) is 7.19. The Hall–Kier alpha value is -1.84. The highest BCUT2D eigenvalue weighted by Gasteiger charge is 2.33. The molecule has 0 bridgehead atoms. The predicted molar refractivity (Wildman–Crippen MR) is 95.0 cm³/mol. The summed E-state index contributed by atoms with van der Waals surface area (Å²) in [5.74, 6) is -2.39. The molecule has 158 valence electrons. The number of likely N-dealkylation sites (tertiary alicyclic amines) is 1. The van der Waals surface area contributed by atoms with E-state index in [-0.39, 0.29) is 29.6 Å². The van der Waals surface area contributed by atoms with E-state index in [9.17, 15) is 30.8 Å². The molecule has 0 aromatic heterocycles. The summed E-state index contributed by atoms with van der Waals surface area (Å²) in [5, 5.41) is -0.446. The first kappa shape index (κ1) is 22.4. The lowest BCUT2D eigenvalue weighted by Crippen LogP contribution is -2.41. The SMILES string of the molecule is CC(C)S(=O)(=O)CC1CCN(C(=O)Cc2ccc(F)c(OC(F)(F)F)c2)CC1. The third-order valence-electron chi connectivity index (χ3n) is 4.73. The Morgan fingerprint density at radius 1 is 1.25 bits per heavy atom. The van der Waals surface area contributed by atoms with E-state index in [2.05, 4.69) is 4.74 Å². The summed E-state index contributed by atoms with van der Waals surface area (Å²) in [6, 6.07) is 2.92. The van der Waals surface area contributed by atoms with Crippen LogP contribution in [0.15, 0.2) is 18.2 Å². The number of ether oxygens (including phenoxy) is 1. The van der Waals surface area contributed by atoms with Crippen molar-refractivity contribution in [3.8, 4) is 5.75 Å². The maximum atomic E-state index is 13.5. The summed E-state index contributed by atoms with van der Waals surface area (Å²) in [4.78, 5) is 13.9. The van der Waals surface area contributed by atoms with Crippen LogP contribution in [0.2, 0.25) is 0 Å². The maximum absolute atomic E-state index is 13.5. The molecule has 0 unspecified atom stereocenters. The highest BCUT2D eigenvalue weighted by Crippen LogP contribution is 2.27. The van der Waals surface area contributed by atoms with Crippen LogP contribution in [0.25, 0.3) is 0 Å². The van der Waals surface area contributed by atoms with Gasteiger partial charge in [-0.2, -0.15) is 0 Å². The summed E-state index contributed by atoms with van der Waals surface area (Å²) >= 11 is 0. The molecule has 0 radical (unpaired) electrons. The van der Waals surface area contributed by atoms with Gasteiger partial charge < -0.3 is 9.64 Å². The van der Waals surface area contributed by atoms with Crippen molar-refractivity contribution >= 4 is 15.7 Å². The van der Waals surface area contributed by atoms with Crippen molar-refractivity contribution in [1.82, 2.24) is 4.90 Å². The van der Waals surface area contributed by atoms with Crippen molar-refractivity contribution in [2.45, 2.75) is 44.7 Å². The van der Waals surface area contributed by atoms with Gasteiger partial charge in [0.15, 0.2) is 21.4 Å². The van der Waals surface area contributed by atoms with Crippen molar-refractivity contribution in [3.05, 3.63) is 29.6 Å². The standard InChI is InChI=1S/C18H23F4NO4S/c1-12(2)28(25,26)11-13-5-7-23(8-6-13)17(24)10-14-3-4-15(19)16(9-14)27-18(20,21)22/h3-4,9,12-13H,5-8,10-11H2,1-2H3. The van der Waals surface area contributed by atoms with E-state index in [1.165, 1.54) is 6.07 Å². The summed E-state index contributed by atoms with van der Waals surface area (Å²) in [6.07, 6.45) is -4.13. The molecule has 0 saturated carbocycles. The molecule has 0 spiro atoms. The van der Waals surface area contributed by atoms with Crippen molar-refractivity contribution in [1.29, 1.82) is 0 Å². The minimum Gasteiger partial charge on any atom is -0.403 e. The van der Waals surface area contributed by atoms with Crippen LogP contribution in [0, 0.1) is 11.7 Å². The van der Waals surface area contributed by atoms with Gasteiger partial charge in [0.05, 0.1) is 17.4 Å². The zero-order valence-electron chi connectivity index (χ0n) is 15.6. The highest BCUT2D eigenvalue weighted by atomic mass is 32.2. The molecule has 1 aromatic carbocycles. The molecule has 1 aliphatic heterocycles. The van der Waals surface area contributed by atoms with Gasteiger partial charge in [0.25, 0.3) is 0 Å². The number of sulfone groups is 1. The third-order valence-corrected chi connectivity index (χ3v) is 7.10. The van der Waals surface area contributed by atoms with Crippen LogP contribution < -0.4 is 4.74 Å². The van der Waals surface area contributed by atoms with Crippen molar-refractivity contribution in [3.63, 3.8) is 0 Å². The van der Waals surface area contributed by atoms with Crippen molar-refractivity contribution in [2.75, 3.05) is 18.8 Å². The fourth-order valence-corrected chi connectivity index (χ4v) is 4.39. The molecule has 1 fully saturated rings. The molecule has 0 atom stereocenters. The Balaban J connectivity index is 1.94. The number of carbonyl (C=O) groups excluding carboxylic acids is 1. The molecule has 5 nitrogen and oxygen atoms in total. The van der Waals surface area contributed by atoms with Crippen LogP contribution in [0.5, 0.6) is 5.75 Å². The van der Waals surface area contributed by atoms with Gasteiger partial charge in [-0.15, -0.1) is 13.2 Å². The average molecular weight is 425 g/mol. The Labute approximate surface area is 161 Å². The third kappa shape index (κ3) is 6.35. The molecule has 1 aromatic rings. The average Bonchev–Trinajstić information content (AvgIpc) is 2.56. The Morgan fingerprint density at radius 2 is 1.86 bits per heavy atom. The van der Waals surface area contributed by atoms with Gasteiger partial charge in [-0.3, -0.25) is 4.79 Å². The second kappa shape index (κ2) is 8.67. The van der Waals surface area contributed by atoms with Gasteiger partial charge in [-0.25, -0.2) is 12.8 Å². The number of hydrogen-bond donors (Lipinski definition) is 0. The van der Waals surface area contributed by atoms with E-state index in [1.54, 1.807) is 18.7 Å². The van der Waals surface area contributed by atoms with Crippen LogP contribution in [0.3, 0.4) is 0 Å². The van der Waals surface area contributed by atoms with E-state index in [0.717, 1.165) is 12.1 Å². The molecule has 0 aliphatic carbocycles. The monoisotopic (exact) mass is 425 g/mol. The Morgan fingerprint density at radius 3 is 2.39 bits per heavy atom. The summed E-state index contributed by atoms with van der Waals surface area (Å²) in [7, 11) is -3.15. The van der Waals surface area contributed by atoms with Crippen LogP contribution in [0.4, 0.5) is 17.6 Å².